The van der Waals surface area contributed by atoms with Gasteiger partial charge in [0.1, 0.15) is 17.7 Å². The minimum atomic E-state index is -0.386. The monoisotopic (exact) mass is 278 g/mol. The van der Waals surface area contributed by atoms with Crippen LogP contribution in [-0.4, -0.2) is 28.9 Å². The molecule has 1 amide bonds. The van der Waals surface area contributed by atoms with E-state index in [0.29, 0.717) is 10.2 Å². The van der Waals surface area contributed by atoms with Gasteiger partial charge in [0.25, 0.3) is 5.91 Å². The van der Waals surface area contributed by atoms with Gasteiger partial charge >= 0.3 is 0 Å². The lowest BCUT2D eigenvalue weighted by Gasteiger charge is -2.15. The summed E-state index contributed by atoms with van der Waals surface area (Å²) >= 11 is 3.14. The molecule has 0 unspecified atom stereocenters. The molecule has 0 fully saturated rings. The molecule has 0 aliphatic rings. The van der Waals surface area contributed by atoms with Crippen LogP contribution in [0.4, 0.5) is 0 Å². The minimum Gasteiger partial charge on any atom is -0.312 e. The summed E-state index contributed by atoms with van der Waals surface area (Å²) in [4.78, 5) is 17.0. The molecule has 6 heteroatoms. The fourth-order valence-corrected chi connectivity index (χ4v) is 1.51. The summed E-state index contributed by atoms with van der Waals surface area (Å²) in [5.74, 6) is -0.386. The Labute approximate surface area is 101 Å². The number of nitriles is 2. The van der Waals surface area contributed by atoms with Crippen molar-refractivity contribution in [2.24, 2.45) is 0 Å². The predicted molar refractivity (Wildman–Crippen MR) is 59.1 cm³/mol. The van der Waals surface area contributed by atoms with Gasteiger partial charge in [0.2, 0.25) is 0 Å². The zero-order valence-corrected chi connectivity index (χ0v) is 9.81. The van der Waals surface area contributed by atoms with E-state index in [4.69, 9.17) is 10.5 Å². The van der Waals surface area contributed by atoms with E-state index < -0.39 is 0 Å². The van der Waals surface area contributed by atoms with Gasteiger partial charge in [0, 0.05) is 6.20 Å². The summed E-state index contributed by atoms with van der Waals surface area (Å²) in [5, 5.41) is 17.1. The molecule has 0 saturated carbocycles. The first-order valence-electron chi connectivity index (χ1n) is 4.34. The Kier molecular flexibility index (Phi) is 4.43. The highest BCUT2D eigenvalue weighted by atomic mass is 79.9. The Bertz CT molecular complexity index is 458. The fourth-order valence-electron chi connectivity index (χ4n) is 1.09. The maximum Gasteiger partial charge on any atom is 0.258 e. The van der Waals surface area contributed by atoms with E-state index in [-0.39, 0.29) is 19.0 Å². The lowest BCUT2D eigenvalue weighted by atomic mass is 10.2. The van der Waals surface area contributed by atoms with Gasteiger partial charge < -0.3 is 4.90 Å². The van der Waals surface area contributed by atoms with Crippen LogP contribution in [0.5, 0.6) is 0 Å². The van der Waals surface area contributed by atoms with Crippen LogP contribution in [0.25, 0.3) is 0 Å². The maximum absolute atomic E-state index is 11.9. The molecular weight excluding hydrogens is 272 g/mol. The van der Waals surface area contributed by atoms with Gasteiger partial charge in [-0.15, -0.1) is 0 Å². The van der Waals surface area contributed by atoms with E-state index >= 15 is 0 Å². The van der Waals surface area contributed by atoms with E-state index in [1.165, 1.54) is 0 Å². The average Bonchev–Trinajstić information content (AvgIpc) is 2.28. The summed E-state index contributed by atoms with van der Waals surface area (Å²) in [6.45, 7) is -0.235. The van der Waals surface area contributed by atoms with Gasteiger partial charge in [-0.1, -0.05) is 0 Å². The number of aromatic nitrogens is 1. The number of rotatable bonds is 3. The van der Waals surface area contributed by atoms with Gasteiger partial charge in [-0.05, 0) is 28.1 Å². The van der Waals surface area contributed by atoms with Crippen LogP contribution in [0.2, 0.25) is 0 Å². The van der Waals surface area contributed by atoms with Gasteiger partial charge in [-0.3, -0.25) is 4.79 Å². The molecule has 0 saturated heterocycles. The first kappa shape index (κ1) is 12.2. The van der Waals surface area contributed by atoms with Crippen molar-refractivity contribution < 1.29 is 4.79 Å². The van der Waals surface area contributed by atoms with Gasteiger partial charge in [-0.2, -0.15) is 10.5 Å². The van der Waals surface area contributed by atoms with E-state index in [0.717, 1.165) is 4.90 Å². The summed E-state index contributed by atoms with van der Waals surface area (Å²) in [6.07, 6.45) is 1.54. The van der Waals surface area contributed by atoms with Gasteiger partial charge in [-0.25, -0.2) is 4.98 Å². The molecule has 80 valence electrons. The van der Waals surface area contributed by atoms with Crippen molar-refractivity contribution in [1.29, 1.82) is 10.5 Å². The molecular formula is C10H7BrN4O. The summed E-state index contributed by atoms with van der Waals surface area (Å²) in [5.41, 5.74) is 0.341. The van der Waals surface area contributed by atoms with E-state index in [1.54, 1.807) is 18.3 Å². The Morgan fingerprint density at radius 3 is 2.56 bits per heavy atom. The molecule has 5 nitrogen and oxygen atoms in total. The van der Waals surface area contributed by atoms with Gasteiger partial charge in [0.15, 0.2) is 0 Å². The fraction of sp³-hybridized carbons (Fsp3) is 0.200. The number of carbonyl (C=O) groups excluding carboxylic acids is 1. The van der Waals surface area contributed by atoms with Crippen LogP contribution in [0.1, 0.15) is 10.4 Å². The molecule has 0 atom stereocenters. The van der Waals surface area contributed by atoms with E-state index in [2.05, 4.69) is 20.9 Å². The molecule has 0 radical (unpaired) electrons. The standard InChI is InChI=1S/C10H7BrN4O/c11-9-8(2-1-5-14-9)10(16)15(6-3-12)7-4-13/h1-2,5H,6-7H2. The zero-order valence-electron chi connectivity index (χ0n) is 8.22. The zero-order chi connectivity index (χ0) is 12.0. The third-order valence-corrected chi connectivity index (χ3v) is 2.43. The number of pyridine rings is 1. The van der Waals surface area contributed by atoms with Crippen molar-refractivity contribution in [2.45, 2.75) is 0 Å². The smallest absolute Gasteiger partial charge is 0.258 e. The third kappa shape index (κ3) is 2.78. The van der Waals surface area contributed by atoms with Crippen molar-refractivity contribution in [3.63, 3.8) is 0 Å². The molecule has 1 heterocycles. The van der Waals surface area contributed by atoms with Crippen molar-refractivity contribution in [3.05, 3.63) is 28.5 Å². The Morgan fingerprint density at radius 1 is 1.44 bits per heavy atom. The molecule has 0 aliphatic carbocycles. The normalized spacial score (nSPS) is 8.94. The number of hydrogen-bond donors (Lipinski definition) is 0. The molecule has 1 aromatic heterocycles. The summed E-state index contributed by atoms with van der Waals surface area (Å²) < 4.78 is 0.404. The number of carbonyl (C=O) groups is 1. The molecule has 0 bridgehead atoms. The van der Waals surface area contributed by atoms with Crippen molar-refractivity contribution >= 4 is 21.8 Å². The summed E-state index contributed by atoms with van der Waals surface area (Å²) in [7, 11) is 0. The van der Waals surface area contributed by atoms with Gasteiger partial charge in [0.05, 0.1) is 17.7 Å². The lowest BCUT2D eigenvalue weighted by molar-refractivity contribution is 0.0793. The Balaban J connectivity index is 2.96. The first-order chi connectivity index (χ1) is 7.70. The number of nitrogens with zero attached hydrogens (tertiary/aromatic N) is 4. The van der Waals surface area contributed by atoms with Crippen LogP contribution in [0.3, 0.4) is 0 Å². The molecule has 0 aromatic carbocycles. The molecule has 1 rings (SSSR count). The summed E-state index contributed by atoms with van der Waals surface area (Å²) in [6, 6.07) is 6.89. The van der Waals surface area contributed by atoms with Crippen LogP contribution >= 0.6 is 15.9 Å². The SMILES string of the molecule is N#CCN(CC#N)C(=O)c1cccnc1Br. The van der Waals surface area contributed by atoms with Crippen molar-refractivity contribution in [3.8, 4) is 12.1 Å². The molecule has 0 aliphatic heterocycles. The van der Waals surface area contributed by atoms with E-state index in [1.807, 2.05) is 12.1 Å². The second kappa shape index (κ2) is 5.84. The van der Waals surface area contributed by atoms with Crippen LogP contribution < -0.4 is 0 Å². The van der Waals surface area contributed by atoms with Crippen molar-refractivity contribution in [1.82, 2.24) is 9.88 Å². The predicted octanol–water partition coefficient (Wildman–Crippen LogP) is 1.33. The number of halogens is 1. The average molecular weight is 279 g/mol. The largest absolute Gasteiger partial charge is 0.312 e. The van der Waals surface area contributed by atoms with Crippen molar-refractivity contribution in [2.75, 3.05) is 13.1 Å². The lowest BCUT2D eigenvalue weighted by Crippen LogP contribution is -2.32. The second-order valence-electron chi connectivity index (χ2n) is 2.82. The third-order valence-electron chi connectivity index (χ3n) is 1.80. The molecule has 0 N–H and O–H groups in total. The highest BCUT2D eigenvalue weighted by molar-refractivity contribution is 9.10. The van der Waals surface area contributed by atoms with Crippen LogP contribution in [0, 0.1) is 22.7 Å². The minimum absolute atomic E-state index is 0.117. The van der Waals surface area contributed by atoms with Crippen LogP contribution in [0.15, 0.2) is 22.9 Å². The van der Waals surface area contributed by atoms with E-state index in [9.17, 15) is 4.79 Å². The quantitative estimate of drug-likeness (QED) is 0.617. The first-order valence-corrected chi connectivity index (χ1v) is 5.13. The van der Waals surface area contributed by atoms with Crippen LogP contribution in [-0.2, 0) is 0 Å². The highest BCUT2D eigenvalue weighted by Gasteiger charge is 2.17. The number of amides is 1. The Morgan fingerprint density at radius 2 is 2.06 bits per heavy atom. The molecule has 1 aromatic rings. The molecule has 16 heavy (non-hydrogen) atoms. The molecule has 0 spiro atoms. The Hall–Kier alpha value is -1.92. The number of hydrogen-bond acceptors (Lipinski definition) is 4. The topological polar surface area (TPSA) is 80.8 Å². The maximum atomic E-state index is 11.9. The highest BCUT2D eigenvalue weighted by Crippen LogP contribution is 2.14. The second-order valence-corrected chi connectivity index (χ2v) is 3.57.